The molecule has 1 aliphatic rings. The average molecular weight is 178 g/mol. The van der Waals surface area contributed by atoms with Gasteiger partial charge in [-0.15, -0.1) is 0 Å². The minimum atomic E-state index is -0.366. The zero-order valence-corrected chi connectivity index (χ0v) is 8.83. The van der Waals surface area contributed by atoms with Crippen LogP contribution in [0.4, 0.5) is 0 Å². The van der Waals surface area contributed by atoms with E-state index in [2.05, 4.69) is 24.9 Å². The number of nitrogens with zero attached hydrogens (tertiary/aromatic N) is 1. The molecular weight excluding hydrogens is 160 g/mol. The van der Waals surface area contributed by atoms with Crippen LogP contribution in [0.1, 0.15) is 27.7 Å². The normalized spacial score (nSPS) is 38.7. The lowest BCUT2D eigenvalue weighted by Crippen LogP contribution is -2.36. The van der Waals surface area contributed by atoms with Crippen molar-refractivity contribution in [3.8, 4) is 0 Å². The summed E-state index contributed by atoms with van der Waals surface area (Å²) in [6.45, 7) is 8.21. The quantitative estimate of drug-likeness (QED) is 0.568. The number of hydrogen-bond acceptors (Lipinski definition) is 2. The molecule has 0 radical (unpaired) electrons. The van der Waals surface area contributed by atoms with Crippen molar-refractivity contribution >= 4 is 6.21 Å². The van der Waals surface area contributed by atoms with Gasteiger partial charge in [-0.2, -0.15) is 0 Å². The Bertz CT molecular complexity index is 280. The fourth-order valence-electron chi connectivity index (χ4n) is 1.04. The molecule has 0 aliphatic carbocycles. The predicted molar refractivity (Wildman–Crippen MR) is 57.8 cm³/mol. The zero-order chi connectivity index (χ0) is 10.1. The van der Waals surface area contributed by atoms with E-state index in [-0.39, 0.29) is 11.0 Å². The van der Waals surface area contributed by atoms with Crippen molar-refractivity contribution in [1.82, 2.24) is 0 Å². The Morgan fingerprint density at radius 2 is 1.85 bits per heavy atom. The van der Waals surface area contributed by atoms with Crippen molar-refractivity contribution < 1.29 is 0 Å². The van der Waals surface area contributed by atoms with Crippen LogP contribution in [-0.2, 0) is 0 Å². The van der Waals surface area contributed by atoms with Gasteiger partial charge in [0.1, 0.15) is 0 Å². The number of allylic oxidation sites excluding steroid dienone is 1. The minimum Gasteiger partial charge on any atom is -0.319 e. The van der Waals surface area contributed by atoms with Crippen LogP contribution >= 0.6 is 0 Å². The van der Waals surface area contributed by atoms with Crippen LogP contribution in [0.2, 0.25) is 0 Å². The van der Waals surface area contributed by atoms with Gasteiger partial charge in [-0.3, -0.25) is 4.99 Å². The van der Waals surface area contributed by atoms with Gasteiger partial charge >= 0.3 is 0 Å². The van der Waals surface area contributed by atoms with Crippen molar-refractivity contribution in [3.05, 3.63) is 23.9 Å². The van der Waals surface area contributed by atoms with Crippen molar-refractivity contribution in [3.63, 3.8) is 0 Å². The molecule has 0 saturated heterocycles. The SMILES string of the molecule is C/C1=C/N=CC(C)(C)/C=C\C1(C)N. The second-order valence-corrected chi connectivity index (χ2v) is 4.53. The first kappa shape index (κ1) is 10.2. The molecule has 2 nitrogen and oxygen atoms in total. The van der Waals surface area contributed by atoms with Crippen LogP contribution in [0, 0.1) is 5.41 Å². The number of hydrogen-bond donors (Lipinski definition) is 1. The molecule has 0 bridgehead atoms. The highest BCUT2D eigenvalue weighted by Gasteiger charge is 2.20. The topological polar surface area (TPSA) is 38.4 Å². The molecule has 72 valence electrons. The van der Waals surface area contributed by atoms with Gasteiger partial charge in [-0.05, 0) is 19.4 Å². The van der Waals surface area contributed by atoms with E-state index in [0.29, 0.717) is 0 Å². The fourth-order valence-corrected chi connectivity index (χ4v) is 1.04. The van der Waals surface area contributed by atoms with Crippen LogP contribution in [0.5, 0.6) is 0 Å². The lowest BCUT2D eigenvalue weighted by molar-refractivity contribution is 0.637. The molecule has 0 amide bonds. The van der Waals surface area contributed by atoms with E-state index < -0.39 is 0 Å². The first-order valence-electron chi connectivity index (χ1n) is 4.54. The molecule has 0 fully saturated rings. The van der Waals surface area contributed by atoms with E-state index in [1.165, 1.54) is 0 Å². The number of nitrogens with two attached hydrogens (primary N) is 1. The molecule has 0 aromatic rings. The third-order valence-corrected chi connectivity index (χ3v) is 2.38. The molecule has 0 saturated carbocycles. The fraction of sp³-hybridized carbons (Fsp3) is 0.545. The van der Waals surface area contributed by atoms with Gasteiger partial charge < -0.3 is 5.73 Å². The molecule has 0 aromatic carbocycles. The van der Waals surface area contributed by atoms with Crippen LogP contribution in [0.15, 0.2) is 28.9 Å². The Kier molecular flexibility index (Phi) is 2.44. The van der Waals surface area contributed by atoms with E-state index in [9.17, 15) is 0 Å². The molecular formula is C11H18N2. The first-order valence-corrected chi connectivity index (χ1v) is 4.54. The highest BCUT2D eigenvalue weighted by molar-refractivity contribution is 5.68. The smallest absolute Gasteiger partial charge is 0.0541 e. The number of aliphatic imine (C=N–C) groups is 1. The highest BCUT2D eigenvalue weighted by atomic mass is 14.8. The summed E-state index contributed by atoms with van der Waals surface area (Å²) < 4.78 is 0. The summed E-state index contributed by atoms with van der Waals surface area (Å²) in [6.07, 6.45) is 7.92. The van der Waals surface area contributed by atoms with Gasteiger partial charge in [0.2, 0.25) is 0 Å². The maximum absolute atomic E-state index is 6.08. The molecule has 0 aromatic heterocycles. The summed E-state index contributed by atoms with van der Waals surface area (Å²) in [5.74, 6) is 0. The molecule has 2 heteroatoms. The van der Waals surface area contributed by atoms with Gasteiger partial charge in [0.25, 0.3) is 0 Å². The Morgan fingerprint density at radius 3 is 2.46 bits per heavy atom. The Hall–Kier alpha value is -0.890. The maximum Gasteiger partial charge on any atom is 0.0541 e. The molecule has 0 spiro atoms. The van der Waals surface area contributed by atoms with E-state index in [4.69, 9.17) is 5.73 Å². The van der Waals surface area contributed by atoms with Gasteiger partial charge in [0.15, 0.2) is 0 Å². The standard InChI is InChI=1S/C11H18N2/c1-9-7-13-8-10(2,3)5-6-11(9,4)12/h5-8H,12H2,1-4H3/b6-5-,9-7-,13-8?. The van der Waals surface area contributed by atoms with Gasteiger partial charge in [0, 0.05) is 17.8 Å². The molecule has 1 atom stereocenters. The maximum atomic E-state index is 6.08. The second-order valence-electron chi connectivity index (χ2n) is 4.53. The first-order chi connectivity index (χ1) is 5.83. The lowest BCUT2D eigenvalue weighted by atomic mass is 9.87. The van der Waals surface area contributed by atoms with Crippen molar-refractivity contribution in [2.45, 2.75) is 33.2 Å². The Balaban J connectivity index is 3.10. The molecule has 13 heavy (non-hydrogen) atoms. The highest BCUT2D eigenvalue weighted by Crippen LogP contribution is 2.22. The van der Waals surface area contributed by atoms with E-state index >= 15 is 0 Å². The van der Waals surface area contributed by atoms with Gasteiger partial charge in [0.05, 0.1) is 5.54 Å². The van der Waals surface area contributed by atoms with Crippen molar-refractivity contribution in [2.24, 2.45) is 16.1 Å². The van der Waals surface area contributed by atoms with Crippen LogP contribution in [0.25, 0.3) is 0 Å². The average Bonchev–Trinajstić information content (AvgIpc) is 2.00. The molecule has 1 heterocycles. The lowest BCUT2D eigenvalue weighted by Gasteiger charge is -2.25. The zero-order valence-electron chi connectivity index (χ0n) is 8.83. The third kappa shape index (κ3) is 2.52. The Morgan fingerprint density at radius 1 is 1.23 bits per heavy atom. The number of rotatable bonds is 0. The van der Waals surface area contributed by atoms with Gasteiger partial charge in [-0.1, -0.05) is 26.0 Å². The largest absolute Gasteiger partial charge is 0.319 e. The summed E-state index contributed by atoms with van der Waals surface area (Å²) in [6, 6.07) is 0. The summed E-state index contributed by atoms with van der Waals surface area (Å²) in [5.41, 5.74) is 6.79. The molecule has 1 aliphatic heterocycles. The Labute approximate surface area is 80.2 Å². The summed E-state index contributed by atoms with van der Waals surface area (Å²) in [7, 11) is 0. The predicted octanol–water partition coefficient (Wildman–Crippen LogP) is 2.27. The molecule has 1 rings (SSSR count). The monoisotopic (exact) mass is 178 g/mol. The van der Waals surface area contributed by atoms with Crippen LogP contribution < -0.4 is 5.73 Å². The van der Waals surface area contributed by atoms with E-state index in [1.54, 1.807) is 0 Å². The van der Waals surface area contributed by atoms with Crippen molar-refractivity contribution in [2.75, 3.05) is 0 Å². The molecule has 2 N–H and O–H groups in total. The molecule has 1 unspecified atom stereocenters. The minimum absolute atomic E-state index is 0.00215. The summed E-state index contributed by atoms with van der Waals surface area (Å²) in [4.78, 5) is 4.24. The van der Waals surface area contributed by atoms with Crippen LogP contribution in [0.3, 0.4) is 0 Å². The van der Waals surface area contributed by atoms with E-state index in [1.807, 2.05) is 32.3 Å². The van der Waals surface area contributed by atoms with Crippen LogP contribution in [-0.4, -0.2) is 11.8 Å². The van der Waals surface area contributed by atoms with Crippen molar-refractivity contribution in [1.29, 1.82) is 0 Å². The van der Waals surface area contributed by atoms with E-state index in [0.717, 1.165) is 5.57 Å². The summed E-state index contributed by atoms with van der Waals surface area (Å²) >= 11 is 0. The summed E-state index contributed by atoms with van der Waals surface area (Å²) in [5, 5.41) is 0. The van der Waals surface area contributed by atoms with Gasteiger partial charge in [-0.25, -0.2) is 0 Å². The second kappa shape index (κ2) is 3.11. The third-order valence-electron chi connectivity index (χ3n) is 2.38.